The maximum Gasteiger partial charge on any atom is 0.534 e. The molecule has 0 spiro atoms. The highest BCUT2D eigenvalue weighted by atomic mass is 32.2. The number of hydrogen-bond acceptors (Lipinski definition) is 7. The lowest BCUT2D eigenvalue weighted by Gasteiger charge is -2.12. The number of fused-ring (bicyclic) bond motifs is 1. The number of alkyl halides is 3. The fraction of sp³-hybridized carbons (Fsp3) is 0.333. The number of aliphatic hydroxyl groups is 1. The largest absolute Gasteiger partial charge is 0.534 e. The molecule has 2 rings (SSSR count). The molecule has 2 aromatic heterocycles. The monoisotopic (exact) mass is 352 g/mol. The van der Waals surface area contributed by atoms with Crippen LogP contribution < -0.4 is 8.92 Å². The first-order chi connectivity index (χ1) is 10.7. The molecule has 0 aromatic carbocycles. The van der Waals surface area contributed by atoms with E-state index < -0.39 is 21.4 Å². The molecule has 2 aromatic rings. The Morgan fingerprint density at radius 1 is 1.30 bits per heavy atom. The zero-order valence-electron chi connectivity index (χ0n) is 11.7. The SMILES string of the molecule is COc1cc(CCO)c2nccc(OS(=O)(=O)C(F)(F)F)c2n1. The van der Waals surface area contributed by atoms with E-state index in [-0.39, 0.29) is 29.9 Å². The van der Waals surface area contributed by atoms with E-state index >= 15 is 0 Å². The average molecular weight is 352 g/mol. The van der Waals surface area contributed by atoms with Crippen LogP contribution in [0, 0.1) is 0 Å². The van der Waals surface area contributed by atoms with Crippen molar-refractivity contribution in [3.8, 4) is 11.6 Å². The van der Waals surface area contributed by atoms with E-state index in [1.54, 1.807) is 0 Å². The van der Waals surface area contributed by atoms with Gasteiger partial charge in [0.05, 0.1) is 12.6 Å². The van der Waals surface area contributed by atoms with Gasteiger partial charge in [-0.3, -0.25) is 4.98 Å². The van der Waals surface area contributed by atoms with Gasteiger partial charge in [0.2, 0.25) is 5.88 Å². The first-order valence-electron chi connectivity index (χ1n) is 6.14. The van der Waals surface area contributed by atoms with E-state index in [2.05, 4.69) is 14.2 Å². The van der Waals surface area contributed by atoms with Gasteiger partial charge in [0.25, 0.3) is 0 Å². The molecule has 0 atom stereocenters. The van der Waals surface area contributed by atoms with Crippen molar-refractivity contribution in [2.24, 2.45) is 0 Å². The molecule has 0 saturated heterocycles. The maximum absolute atomic E-state index is 12.5. The molecular weight excluding hydrogens is 341 g/mol. The Kier molecular flexibility index (Phi) is 4.61. The summed E-state index contributed by atoms with van der Waals surface area (Å²) in [5, 5.41) is 9.04. The van der Waals surface area contributed by atoms with E-state index in [1.807, 2.05) is 0 Å². The number of hydrogen-bond donors (Lipinski definition) is 1. The van der Waals surface area contributed by atoms with Crippen molar-refractivity contribution in [2.45, 2.75) is 11.9 Å². The number of halogens is 3. The zero-order valence-corrected chi connectivity index (χ0v) is 12.5. The highest BCUT2D eigenvalue weighted by Crippen LogP contribution is 2.32. The van der Waals surface area contributed by atoms with Crippen LogP contribution in [0.1, 0.15) is 5.56 Å². The number of aliphatic hydroxyl groups excluding tert-OH is 1. The van der Waals surface area contributed by atoms with Crippen LogP contribution in [-0.2, 0) is 16.5 Å². The lowest BCUT2D eigenvalue weighted by molar-refractivity contribution is -0.0499. The molecule has 1 N–H and O–H groups in total. The van der Waals surface area contributed by atoms with Crippen molar-refractivity contribution in [1.29, 1.82) is 0 Å². The van der Waals surface area contributed by atoms with E-state index in [1.165, 1.54) is 13.2 Å². The summed E-state index contributed by atoms with van der Waals surface area (Å²) in [6.07, 6.45) is 1.20. The second kappa shape index (κ2) is 6.16. The fourth-order valence-electron chi connectivity index (χ4n) is 1.79. The zero-order chi connectivity index (χ0) is 17.3. The smallest absolute Gasteiger partial charge is 0.481 e. The van der Waals surface area contributed by atoms with Gasteiger partial charge in [-0.2, -0.15) is 21.6 Å². The Labute approximate surface area is 128 Å². The topological polar surface area (TPSA) is 98.6 Å². The van der Waals surface area contributed by atoms with Gasteiger partial charge in [0.15, 0.2) is 5.75 Å². The molecule has 0 aliphatic heterocycles. The standard InChI is InChI=1S/C12H11F3N2O5S/c1-21-9-6-7(3-5-18)10-11(17-9)8(2-4-16-10)22-23(19,20)12(13,14)15/h2,4,6,18H,3,5H2,1H3. The highest BCUT2D eigenvalue weighted by molar-refractivity contribution is 7.88. The number of pyridine rings is 2. The summed E-state index contributed by atoms with van der Waals surface area (Å²) in [7, 11) is -4.57. The van der Waals surface area contributed by atoms with Gasteiger partial charge in [-0.05, 0) is 12.0 Å². The second-order valence-corrected chi connectivity index (χ2v) is 5.82. The first-order valence-corrected chi connectivity index (χ1v) is 7.54. The van der Waals surface area contributed by atoms with Crippen LogP contribution in [0.25, 0.3) is 11.0 Å². The Bertz CT molecular complexity index is 823. The molecule has 0 aliphatic carbocycles. The molecule has 2 heterocycles. The van der Waals surface area contributed by atoms with Crippen LogP contribution in [0.4, 0.5) is 13.2 Å². The van der Waals surface area contributed by atoms with E-state index in [9.17, 15) is 21.6 Å². The predicted octanol–water partition coefficient (Wildman–Crippen LogP) is 1.40. The number of nitrogens with zero attached hydrogens (tertiary/aromatic N) is 2. The average Bonchev–Trinajstić information content (AvgIpc) is 2.46. The highest BCUT2D eigenvalue weighted by Gasteiger charge is 2.48. The van der Waals surface area contributed by atoms with Gasteiger partial charge in [-0.1, -0.05) is 0 Å². The van der Waals surface area contributed by atoms with Gasteiger partial charge < -0.3 is 14.0 Å². The Morgan fingerprint density at radius 2 is 2.00 bits per heavy atom. The number of aromatic nitrogens is 2. The molecule has 7 nitrogen and oxygen atoms in total. The second-order valence-electron chi connectivity index (χ2n) is 4.29. The summed E-state index contributed by atoms with van der Waals surface area (Å²) in [6, 6.07) is 2.38. The summed E-state index contributed by atoms with van der Waals surface area (Å²) < 4.78 is 68.8. The normalized spacial score (nSPS) is 12.4. The molecule has 23 heavy (non-hydrogen) atoms. The van der Waals surface area contributed by atoms with E-state index in [0.29, 0.717) is 5.56 Å². The van der Waals surface area contributed by atoms with Gasteiger partial charge >= 0.3 is 15.6 Å². The summed E-state index contributed by atoms with van der Waals surface area (Å²) in [5.41, 5.74) is -5.27. The van der Waals surface area contributed by atoms with E-state index in [0.717, 1.165) is 12.3 Å². The van der Waals surface area contributed by atoms with Gasteiger partial charge in [-0.25, -0.2) is 4.98 Å². The molecule has 11 heteroatoms. The minimum Gasteiger partial charge on any atom is -0.481 e. The van der Waals surface area contributed by atoms with Crippen LogP contribution >= 0.6 is 0 Å². The summed E-state index contributed by atoms with van der Waals surface area (Å²) in [4.78, 5) is 7.82. The van der Waals surface area contributed by atoms with Crippen LogP contribution in [-0.4, -0.2) is 42.7 Å². The van der Waals surface area contributed by atoms with Gasteiger partial charge in [0.1, 0.15) is 5.52 Å². The molecule has 0 radical (unpaired) electrons. The summed E-state index contributed by atoms with van der Waals surface area (Å²) >= 11 is 0. The summed E-state index contributed by atoms with van der Waals surface area (Å²) in [6.45, 7) is -0.254. The van der Waals surface area contributed by atoms with Crippen LogP contribution in [0.2, 0.25) is 0 Å². The number of methoxy groups -OCH3 is 1. The van der Waals surface area contributed by atoms with Crippen molar-refractivity contribution in [1.82, 2.24) is 9.97 Å². The predicted molar refractivity (Wildman–Crippen MR) is 72.5 cm³/mol. The first kappa shape index (κ1) is 17.2. The van der Waals surface area contributed by atoms with Crippen molar-refractivity contribution < 1.29 is 35.6 Å². The van der Waals surface area contributed by atoms with Gasteiger partial charge in [0, 0.05) is 24.9 Å². The van der Waals surface area contributed by atoms with Gasteiger partial charge in [-0.15, -0.1) is 0 Å². The Hall–Kier alpha value is -2.14. The molecule has 0 saturated carbocycles. The van der Waals surface area contributed by atoms with Crippen LogP contribution in [0.5, 0.6) is 11.6 Å². The number of ether oxygens (including phenoxy) is 1. The minimum atomic E-state index is -5.84. The van der Waals surface area contributed by atoms with Crippen LogP contribution in [0.15, 0.2) is 18.3 Å². The lowest BCUT2D eigenvalue weighted by atomic mass is 10.1. The van der Waals surface area contributed by atoms with Crippen LogP contribution in [0.3, 0.4) is 0 Å². The summed E-state index contributed by atoms with van der Waals surface area (Å²) in [5.74, 6) is -0.617. The molecule has 0 amide bonds. The fourth-order valence-corrected chi connectivity index (χ4v) is 2.25. The van der Waals surface area contributed by atoms with E-state index in [4.69, 9.17) is 9.84 Å². The third-order valence-corrected chi connectivity index (χ3v) is 3.75. The van der Waals surface area contributed by atoms with Crippen molar-refractivity contribution in [3.63, 3.8) is 0 Å². The molecule has 0 bridgehead atoms. The quantitative estimate of drug-likeness (QED) is 0.641. The third-order valence-electron chi connectivity index (χ3n) is 2.78. The minimum absolute atomic E-state index is 0.0169. The van der Waals surface area contributed by atoms with Crippen molar-refractivity contribution in [3.05, 3.63) is 23.9 Å². The molecule has 126 valence electrons. The maximum atomic E-state index is 12.5. The number of rotatable bonds is 5. The Morgan fingerprint density at radius 3 is 2.57 bits per heavy atom. The Balaban J connectivity index is 2.64. The molecular formula is C12H11F3N2O5S. The van der Waals surface area contributed by atoms with Crippen molar-refractivity contribution >= 4 is 21.2 Å². The van der Waals surface area contributed by atoms with Crippen molar-refractivity contribution in [2.75, 3.05) is 13.7 Å². The lowest BCUT2D eigenvalue weighted by Crippen LogP contribution is -2.28. The third kappa shape index (κ3) is 3.45. The molecule has 0 aliphatic rings. The molecule has 0 unspecified atom stereocenters. The molecule has 0 fully saturated rings.